The SMILES string of the molecule is Cc1cc(CN2CCN(C=O)CC2)cc(Cl)c1OCC1COC(Cn2ccnc2)(c2ccc(Cl)cc2Cl)O1. The summed E-state index contributed by atoms with van der Waals surface area (Å²) in [7, 11) is 0. The Morgan fingerprint density at radius 3 is 2.63 bits per heavy atom. The van der Waals surface area contributed by atoms with E-state index >= 15 is 0 Å². The van der Waals surface area contributed by atoms with Crippen LogP contribution >= 0.6 is 34.8 Å². The van der Waals surface area contributed by atoms with Crippen molar-refractivity contribution in [2.75, 3.05) is 39.4 Å². The fourth-order valence-corrected chi connectivity index (χ4v) is 5.81. The van der Waals surface area contributed by atoms with E-state index in [-0.39, 0.29) is 12.7 Å². The number of imidazole rings is 1. The van der Waals surface area contributed by atoms with Crippen molar-refractivity contribution in [1.82, 2.24) is 19.4 Å². The van der Waals surface area contributed by atoms with Gasteiger partial charge in [-0.15, -0.1) is 0 Å². The Bertz CT molecular complexity index is 1240. The number of benzene rings is 2. The first-order valence-electron chi connectivity index (χ1n) is 12.4. The molecule has 1 amide bonds. The highest BCUT2D eigenvalue weighted by molar-refractivity contribution is 6.35. The van der Waals surface area contributed by atoms with Crippen molar-refractivity contribution in [3.63, 3.8) is 0 Å². The van der Waals surface area contributed by atoms with Gasteiger partial charge in [-0.05, 0) is 36.2 Å². The summed E-state index contributed by atoms with van der Waals surface area (Å²) < 4.78 is 20.8. The number of carbonyl (C=O) groups excluding carboxylic acids is 1. The lowest BCUT2D eigenvalue weighted by atomic mass is 10.1. The number of carbonyl (C=O) groups is 1. The smallest absolute Gasteiger partial charge is 0.215 e. The molecule has 0 bridgehead atoms. The number of aryl methyl sites for hydroxylation is 1. The van der Waals surface area contributed by atoms with Gasteiger partial charge in [0, 0.05) is 55.7 Å². The minimum atomic E-state index is -1.12. The molecule has 0 radical (unpaired) electrons. The van der Waals surface area contributed by atoms with Crippen LogP contribution in [0, 0.1) is 6.92 Å². The van der Waals surface area contributed by atoms with E-state index in [0.29, 0.717) is 39.5 Å². The lowest BCUT2D eigenvalue weighted by molar-refractivity contribution is -0.189. The number of hydrogen-bond acceptors (Lipinski definition) is 6. The summed E-state index contributed by atoms with van der Waals surface area (Å²) in [5.74, 6) is -0.492. The van der Waals surface area contributed by atoms with Crippen molar-refractivity contribution in [3.8, 4) is 5.75 Å². The van der Waals surface area contributed by atoms with Crippen LogP contribution in [0.25, 0.3) is 0 Å². The van der Waals surface area contributed by atoms with Gasteiger partial charge in [0.2, 0.25) is 12.2 Å². The van der Waals surface area contributed by atoms with Crippen LogP contribution < -0.4 is 4.74 Å². The molecule has 0 N–H and O–H groups in total. The Hall–Kier alpha value is -2.33. The molecule has 11 heteroatoms. The Labute approximate surface area is 236 Å². The van der Waals surface area contributed by atoms with E-state index in [0.717, 1.165) is 50.3 Å². The standard InChI is InChI=1S/C27H29Cl3N4O4/c1-19-10-20(13-32-6-8-33(18-35)9-7-32)11-25(30)26(19)36-14-22-15-37-27(38-22,16-34-5-4-31-17-34)23-3-2-21(28)12-24(23)29/h2-5,10-12,17-18,22H,6-9,13-16H2,1H3. The zero-order chi connectivity index (χ0) is 26.7. The van der Waals surface area contributed by atoms with E-state index in [1.165, 1.54) is 0 Å². The third-order valence-corrected chi connectivity index (χ3v) is 7.64. The summed E-state index contributed by atoms with van der Waals surface area (Å²) in [6, 6.07) is 9.30. The van der Waals surface area contributed by atoms with Crippen molar-refractivity contribution in [3.05, 3.63) is 80.8 Å². The van der Waals surface area contributed by atoms with Gasteiger partial charge in [0.15, 0.2) is 0 Å². The average molecular weight is 580 g/mol. The molecule has 8 nitrogen and oxygen atoms in total. The van der Waals surface area contributed by atoms with Crippen molar-refractivity contribution >= 4 is 41.2 Å². The Kier molecular flexibility index (Phi) is 8.47. The number of amides is 1. The summed E-state index contributed by atoms with van der Waals surface area (Å²) in [5.41, 5.74) is 2.74. The largest absolute Gasteiger partial charge is 0.489 e. The van der Waals surface area contributed by atoms with Gasteiger partial charge >= 0.3 is 0 Å². The van der Waals surface area contributed by atoms with Crippen LogP contribution in [0.5, 0.6) is 5.75 Å². The molecule has 0 spiro atoms. The molecule has 2 fully saturated rings. The third kappa shape index (κ3) is 6.11. The maximum absolute atomic E-state index is 11.0. The van der Waals surface area contributed by atoms with Crippen LogP contribution in [0.15, 0.2) is 49.1 Å². The van der Waals surface area contributed by atoms with Crippen molar-refractivity contribution in [1.29, 1.82) is 0 Å². The fourth-order valence-electron chi connectivity index (χ4n) is 4.91. The number of aromatic nitrogens is 2. The predicted octanol–water partition coefficient (Wildman–Crippen LogP) is 4.77. The van der Waals surface area contributed by atoms with Crippen molar-refractivity contribution in [2.24, 2.45) is 0 Å². The van der Waals surface area contributed by atoms with E-state index in [2.05, 4.69) is 16.0 Å². The molecule has 0 saturated carbocycles. The van der Waals surface area contributed by atoms with E-state index in [4.69, 9.17) is 49.0 Å². The second kappa shape index (κ2) is 11.8. The molecule has 202 valence electrons. The highest BCUT2D eigenvalue weighted by atomic mass is 35.5. The second-order valence-electron chi connectivity index (χ2n) is 9.62. The molecular weight excluding hydrogens is 551 g/mol. The fraction of sp³-hybridized carbons (Fsp3) is 0.407. The molecule has 5 rings (SSSR count). The Morgan fingerprint density at radius 2 is 1.95 bits per heavy atom. The molecule has 2 unspecified atom stereocenters. The number of hydrogen-bond donors (Lipinski definition) is 0. The first-order valence-corrected chi connectivity index (χ1v) is 13.5. The van der Waals surface area contributed by atoms with Gasteiger partial charge in [-0.25, -0.2) is 4.98 Å². The number of piperazine rings is 1. The minimum Gasteiger partial charge on any atom is -0.489 e. The summed E-state index contributed by atoms with van der Waals surface area (Å²) >= 11 is 19.4. The highest BCUT2D eigenvalue weighted by Crippen LogP contribution is 2.41. The second-order valence-corrected chi connectivity index (χ2v) is 10.9. The van der Waals surface area contributed by atoms with Crippen LogP contribution in [0.2, 0.25) is 15.1 Å². The maximum atomic E-state index is 11.0. The quantitative estimate of drug-likeness (QED) is 0.340. The van der Waals surface area contributed by atoms with Gasteiger partial charge in [0.25, 0.3) is 0 Å². The van der Waals surface area contributed by atoms with E-state index in [1.807, 2.05) is 29.8 Å². The van der Waals surface area contributed by atoms with Crippen LogP contribution in [0.1, 0.15) is 16.7 Å². The van der Waals surface area contributed by atoms with E-state index < -0.39 is 5.79 Å². The molecule has 2 atom stereocenters. The summed E-state index contributed by atoms with van der Waals surface area (Å²) in [5, 5.41) is 1.54. The molecule has 1 aromatic heterocycles. The Balaban J connectivity index is 1.26. The van der Waals surface area contributed by atoms with Crippen molar-refractivity contribution in [2.45, 2.75) is 31.9 Å². The van der Waals surface area contributed by atoms with Crippen LogP contribution in [0.3, 0.4) is 0 Å². The molecule has 2 saturated heterocycles. The molecule has 3 aromatic rings. The van der Waals surface area contributed by atoms with Crippen LogP contribution in [-0.4, -0.2) is 71.3 Å². The normalized spacial score (nSPS) is 22.1. The molecule has 38 heavy (non-hydrogen) atoms. The van der Waals surface area contributed by atoms with Gasteiger partial charge in [0.1, 0.15) is 18.5 Å². The molecule has 2 aliphatic heterocycles. The van der Waals surface area contributed by atoms with E-state index in [1.54, 1.807) is 29.6 Å². The number of halogens is 3. The number of nitrogens with zero attached hydrogens (tertiary/aromatic N) is 4. The Morgan fingerprint density at radius 1 is 1.13 bits per heavy atom. The van der Waals surface area contributed by atoms with Crippen molar-refractivity contribution < 1.29 is 19.0 Å². The number of ether oxygens (including phenoxy) is 3. The average Bonchev–Trinajstić information content (AvgIpc) is 3.55. The lowest BCUT2D eigenvalue weighted by Crippen LogP contribution is -2.45. The molecule has 2 aromatic carbocycles. The van der Waals surface area contributed by atoms with Gasteiger partial charge in [-0.1, -0.05) is 46.9 Å². The summed E-state index contributed by atoms with van der Waals surface area (Å²) in [6.45, 7) is 6.84. The van der Waals surface area contributed by atoms with Crippen LogP contribution in [-0.2, 0) is 33.1 Å². The molecule has 0 aliphatic carbocycles. The van der Waals surface area contributed by atoms with E-state index in [9.17, 15) is 4.79 Å². The monoisotopic (exact) mass is 578 g/mol. The number of rotatable bonds is 9. The predicted molar refractivity (Wildman–Crippen MR) is 146 cm³/mol. The van der Waals surface area contributed by atoms with Crippen LogP contribution in [0.4, 0.5) is 0 Å². The van der Waals surface area contributed by atoms with Gasteiger partial charge < -0.3 is 23.7 Å². The highest BCUT2D eigenvalue weighted by Gasteiger charge is 2.45. The lowest BCUT2D eigenvalue weighted by Gasteiger charge is -2.32. The minimum absolute atomic E-state index is 0.254. The summed E-state index contributed by atoms with van der Waals surface area (Å²) in [4.78, 5) is 19.2. The van der Waals surface area contributed by atoms with Gasteiger partial charge in [0.05, 0.1) is 29.5 Å². The van der Waals surface area contributed by atoms with Gasteiger partial charge in [-0.2, -0.15) is 0 Å². The van der Waals surface area contributed by atoms with Gasteiger partial charge in [-0.3, -0.25) is 9.69 Å². The molecule has 2 aliphatic rings. The topological polar surface area (TPSA) is 69.1 Å². The first-order chi connectivity index (χ1) is 18.3. The third-order valence-electron chi connectivity index (χ3n) is 6.82. The summed E-state index contributed by atoms with van der Waals surface area (Å²) in [6.07, 6.45) is 5.81. The zero-order valence-electron chi connectivity index (χ0n) is 21.0. The maximum Gasteiger partial charge on any atom is 0.215 e. The zero-order valence-corrected chi connectivity index (χ0v) is 23.3. The first kappa shape index (κ1) is 27.2. The molecule has 3 heterocycles. The molecular formula is C27H29Cl3N4O4.